The standard InChI is InChI=1S/C10H8Cl3N3OS2/c1-2-16(6-4-3-5-18-6)8(17)7-14-9(15-19-7)10(11,12)13/h3-5H,2H2,1H3. The lowest BCUT2D eigenvalue weighted by atomic mass is 10.4. The zero-order valence-corrected chi connectivity index (χ0v) is 13.5. The Morgan fingerprint density at radius 1 is 1.47 bits per heavy atom. The van der Waals surface area contributed by atoms with E-state index in [0.29, 0.717) is 6.54 Å². The quantitative estimate of drug-likeness (QED) is 0.778. The molecule has 0 radical (unpaired) electrons. The second kappa shape index (κ2) is 5.93. The number of aromatic nitrogens is 2. The Hall–Kier alpha value is -0.400. The first-order valence-corrected chi connectivity index (χ1v) is 7.98. The molecule has 0 atom stereocenters. The molecule has 2 heterocycles. The second-order valence-electron chi connectivity index (χ2n) is 3.42. The maximum absolute atomic E-state index is 12.3. The normalized spacial score (nSPS) is 11.6. The van der Waals surface area contributed by atoms with E-state index in [0.717, 1.165) is 16.5 Å². The van der Waals surface area contributed by atoms with Gasteiger partial charge in [-0.1, -0.05) is 34.8 Å². The van der Waals surface area contributed by atoms with Gasteiger partial charge in [-0.15, -0.1) is 11.3 Å². The highest BCUT2D eigenvalue weighted by molar-refractivity contribution is 7.14. The maximum atomic E-state index is 12.3. The average Bonchev–Trinajstić information content (AvgIpc) is 3.00. The molecule has 0 saturated heterocycles. The van der Waals surface area contributed by atoms with Crippen LogP contribution in [0.1, 0.15) is 22.6 Å². The van der Waals surface area contributed by atoms with Crippen molar-refractivity contribution in [1.29, 1.82) is 0 Å². The molecule has 0 spiro atoms. The minimum Gasteiger partial charge on any atom is -0.298 e. The van der Waals surface area contributed by atoms with Crippen molar-refractivity contribution in [3.8, 4) is 0 Å². The molecule has 102 valence electrons. The van der Waals surface area contributed by atoms with Gasteiger partial charge < -0.3 is 0 Å². The molecule has 2 rings (SSSR count). The lowest BCUT2D eigenvalue weighted by molar-refractivity contribution is 0.0988. The fourth-order valence-electron chi connectivity index (χ4n) is 1.36. The van der Waals surface area contributed by atoms with Crippen LogP contribution in [0.3, 0.4) is 0 Å². The summed E-state index contributed by atoms with van der Waals surface area (Å²) in [6, 6.07) is 3.74. The fraction of sp³-hybridized carbons (Fsp3) is 0.300. The number of rotatable bonds is 3. The van der Waals surface area contributed by atoms with Crippen molar-refractivity contribution in [3.63, 3.8) is 0 Å². The van der Waals surface area contributed by atoms with Crippen molar-refractivity contribution < 1.29 is 4.79 Å². The van der Waals surface area contributed by atoms with E-state index in [2.05, 4.69) is 9.36 Å². The molecule has 19 heavy (non-hydrogen) atoms. The molecule has 0 aromatic carbocycles. The second-order valence-corrected chi connectivity index (χ2v) is 7.38. The van der Waals surface area contributed by atoms with Gasteiger partial charge in [-0.05, 0) is 36.0 Å². The average molecular weight is 357 g/mol. The van der Waals surface area contributed by atoms with Gasteiger partial charge in [0, 0.05) is 6.54 Å². The summed E-state index contributed by atoms with van der Waals surface area (Å²) in [5.41, 5.74) is 0. The van der Waals surface area contributed by atoms with Crippen molar-refractivity contribution in [1.82, 2.24) is 9.36 Å². The molecule has 1 amide bonds. The molecular weight excluding hydrogens is 349 g/mol. The summed E-state index contributed by atoms with van der Waals surface area (Å²) >= 11 is 19.4. The molecule has 2 aromatic rings. The van der Waals surface area contributed by atoms with Gasteiger partial charge in [0.25, 0.3) is 9.70 Å². The molecule has 4 nitrogen and oxygen atoms in total. The summed E-state index contributed by atoms with van der Waals surface area (Å²) in [4.78, 5) is 17.9. The summed E-state index contributed by atoms with van der Waals surface area (Å²) in [5.74, 6) is -0.226. The van der Waals surface area contributed by atoms with Crippen LogP contribution in [0.4, 0.5) is 5.00 Å². The molecule has 0 bridgehead atoms. The summed E-state index contributed by atoms with van der Waals surface area (Å²) in [5, 5.41) is 2.95. The number of hydrogen-bond donors (Lipinski definition) is 0. The predicted octanol–water partition coefficient (Wildman–Crippen LogP) is 4.09. The van der Waals surface area contributed by atoms with E-state index >= 15 is 0 Å². The van der Waals surface area contributed by atoms with Crippen LogP contribution in [0.2, 0.25) is 0 Å². The highest BCUT2D eigenvalue weighted by atomic mass is 35.6. The number of amides is 1. The van der Waals surface area contributed by atoms with Gasteiger partial charge in [0.15, 0.2) is 5.82 Å². The number of carbonyl (C=O) groups is 1. The molecule has 0 N–H and O–H groups in total. The lowest BCUT2D eigenvalue weighted by Gasteiger charge is -2.16. The minimum absolute atomic E-state index is 0.0214. The van der Waals surface area contributed by atoms with Crippen molar-refractivity contribution in [2.75, 3.05) is 11.4 Å². The van der Waals surface area contributed by atoms with Crippen LogP contribution in [0, 0.1) is 0 Å². The van der Waals surface area contributed by atoms with Crippen LogP contribution < -0.4 is 4.90 Å². The number of hydrogen-bond acceptors (Lipinski definition) is 5. The van der Waals surface area contributed by atoms with Crippen molar-refractivity contribution >= 4 is 68.6 Å². The van der Waals surface area contributed by atoms with E-state index in [1.165, 1.54) is 11.3 Å². The fourth-order valence-corrected chi connectivity index (χ4v) is 3.23. The number of anilines is 1. The zero-order chi connectivity index (χ0) is 14.0. The number of halogens is 3. The minimum atomic E-state index is -1.71. The van der Waals surface area contributed by atoms with Gasteiger partial charge in [0.2, 0.25) is 5.01 Å². The van der Waals surface area contributed by atoms with Crippen molar-refractivity contribution in [2.45, 2.75) is 10.7 Å². The van der Waals surface area contributed by atoms with E-state index in [1.54, 1.807) is 4.90 Å². The van der Waals surface area contributed by atoms with E-state index in [-0.39, 0.29) is 16.7 Å². The van der Waals surface area contributed by atoms with Crippen LogP contribution in [-0.4, -0.2) is 21.8 Å². The summed E-state index contributed by atoms with van der Waals surface area (Å²) < 4.78 is 2.18. The van der Waals surface area contributed by atoms with Crippen LogP contribution in [0.15, 0.2) is 17.5 Å². The first kappa shape index (κ1) is 15.0. The Bertz CT molecular complexity index is 565. The first-order valence-electron chi connectivity index (χ1n) is 5.19. The van der Waals surface area contributed by atoms with Crippen molar-refractivity contribution in [3.05, 3.63) is 28.3 Å². The highest BCUT2D eigenvalue weighted by Crippen LogP contribution is 2.37. The first-order chi connectivity index (χ1) is 8.93. The third-order valence-corrected chi connectivity index (χ3v) is 4.30. The Balaban J connectivity index is 2.26. The third-order valence-electron chi connectivity index (χ3n) is 2.20. The van der Waals surface area contributed by atoms with Gasteiger partial charge in [0.05, 0.1) is 5.00 Å². The number of nitrogens with zero attached hydrogens (tertiary/aromatic N) is 3. The molecule has 0 fully saturated rings. The van der Waals surface area contributed by atoms with Gasteiger partial charge >= 0.3 is 0 Å². The van der Waals surface area contributed by atoms with Gasteiger partial charge in [-0.3, -0.25) is 9.69 Å². The number of alkyl halides is 3. The van der Waals surface area contributed by atoms with Crippen LogP contribution >= 0.6 is 57.7 Å². The Morgan fingerprint density at radius 3 is 2.68 bits per heavy atom. The molecule has 0 saturated carbocycles. The Labute approximate surface area is 133 Å². The topological polar surface area (TPSA) is 46.1 Å². The van der Waals surface area contributed by atoms with Gasteiger partial charge in [-0.2, -0.15) is 4.37 Å². The van der Waals surface area contributed by atoms with Gasteiger partial charge in [0.1, 0.15) is 0 Å². The smallest absolute Gasteiger partial charge is 0.289 e. The molecule has 0 aliphatic heterocycles. The van der Waals surface area contributed by atoms with E-state index < -0.39 is 3.79 Å². The highest BCUT2D eigenvalue weighted by Gasteiger charge is 2.30. The van der Waals surface area contributed by atoms with Gasteiger partial charge in [-0.25, -0.2) is 4.98 Å². The largest absolute Gasteiger partial charge is 0.298 e. The van der Waals surface area contributed by atoms with E-state index in [9.17, 15) is 4.79 Å². The van der Waals surface area contributed by atoms with Crippen molar-refractivity contribution in [2.24, 2.45) is 0 Å². The van der Waals surface area contributed by atoms with E-state index in [1.807, 2.05) is 24.4 Å². The molecule has 2 aromatic heterocycles. The number of thiophene rings is 1. The molecule has 9 heteroatoms. The Morgan fingerprint density at radius 2 is 2.21 bits per heavy atom. The summed E-state index contributed by atoms with van der Waals surface area (Å²) in [7, 11) is 0. The van der Waals surface area contributed by atoms with Crippen LogP contribution in [0.5, 0.6) is 0 Å². The number of carbonyl (C=O) groups excluding carboxylic acids is 1. The molecular formula is C10H8Cl3N3OS2. The molecule has 0 aliphatic rings. The Kier molecular flexibility index (Phi) is 4.68. The van der Waals surface area contributed by atoms with Crippen LogP contribution in [0.25, 0.3) is 0 Å². The lowest BCUT2D eigenvalue weighted by Crippen LogP contribution is -2.29. The maximum Gasteiger partial charge on any atom is 0.289 e. The van der Waals surface area contributed by atoms with Crippen LogP contribution in [-0.2, 0) is 3.79 Å². The summed E-state index contributed by atoms with van der Waals surface area (Å²) in [6.45, 7) is 2.41. The van der Waals surface area contributed by atoms with E-state index in [4.69, 9.17) is 34.8 Å². The molecule has 0 unspecified atom stereocenters. The zero-order valence-electron chi connectivity index (χ0n) is 9.64. The third kappa shape index (κ3) is 3.38. The monoisotopic (exact) mass is 355 g/mol. The predicted molar refractivity (Wildman–Crippen MR) is 80.8 cm³/mol. The molecule has 0 aliphatic carbocycles. The summed E-state index contributed by atoms with van der Waals surface area (Å²) in [6.07, 6.45) is 0. The SMILES string of the molecule is CCN(C(=O)c1nc(C(Cl)(Cl)Cl)ns1)c1cccs1.